The normalized spacial score (nSPS) is 11.2. The Bertz CT molecular complexity index is 975. The second-order valence-electron chi connectivity index (χ2n) is 4.84. The van der Waals surface area contributed by atoms with E-state index < -0.39 is 0 Å². The molecule has 0 unspecified atom stereocenters. The zero-order valence-electron chi connectivity index (χ0n) is 12.0. The second kappa shape index (κ2) is 4.96. The van der Waals surface area contributed by atoms with Crippen LogP contribution in [0.15, 0.2) is 30.7 Å². The molecule has 0 spiro atoms. The average Bonchev–Trinajstić information content (AvgIpc) is 3.12. The molecule has 6 nitrogen and oxygen atoms in total. The highest BCUT2D eigenvalue weighted by Gasteiger charge is 2.11. The third-order valence-corrected chi connectivity index (χ3v) is 4.36. The number of benzene rings is 1. The number of ether oxygens (including phenoxy) is 1. The molecule has 0 bridgehead atoms. The van der Waals surface area contributed by atoms with E-state index in [2.05, 4.69) is 25.3 Å². The quantitative estimate of drug-likeness (QED) is 0.604. The number of aromatic nitrogens is 4. The van der Waals surface area contributed by atoms with Gasteiger partial charge in [-0.1, -0.05) is 0 Å². The Morgan fingerprint density at radius 2 is 2.18 bits per heavy atom. The van der Waals surface area contributed by atoms with Gasteiger partial charge in [0, 0.05) is 12.3 Å². The largest absolute Gasteiger partial charge is 0.494 e. The Labute approximate surface area is 130 Å². The lowest BCUT2D eigenvalue weighted by Crippen LogP contribution is -1.97. The van der Waals surface area contributed by atoms with Gasteiger partial charge in [-0.2, -0.15) is 0 Å². The fourth-order valence-electron chi connectivity index (χ4n) is 2.44. The van der Waals surface area contributed by atoms with Gasteiger partial charge in [-0.15, -0.1) is 11.3 Å². The van der Waals surface area contributed by atoms with Crippen LogP contribution < -0.4 is 10.1 Å². The van der Waals surface area contributed by atoms with Gasteiger partial charge in [0.15, 0.2) is 0 Å². The average molecular weight is 311 g/mol. The zero-order valence-corrected chi connectivity index (χ0v) is 12.9. The highest BCUT2D eigenvalue weighted by atomic mass is 32.1. The molecule has 7 heteroatoms. The van der Waals surface area contributed by atoms with Crippen molar-refractivity contribution in [3.63, 3.8) is 0 Å². The number of H-pyrrole nitrogens is 1. The molecule has 0 atom stereocenters. The van der Waals surface area contributed by atoms with Crippen LogP contribution in [0.5, 0.6) is 5.75 Å². The molecule has 0 aliphatic rings. The first kappa shape index (κ1) is 13.0. The maximum atomic E-state index is 5.48. The smallest absolute Gasteiger partial charge is 0.144 e. The van der Waals surface area contributed by atoms with Crippen LogP contribution in [0.3, 0.4) is 0 Å². The summed E-state index contributed by atoms with van der Waals surface area (Å²) in [7, 11) is 1.65. The lowest BCUT2D eigenvalue weighted by Gasteiger charge is -2.11. The summed E-state index contributed by atoms with van der Waals surface area (Å²) < 4.78 is 6.59. The van der Waals surface area contributed by atoms with E-state index in [4.69, 9.17) is 4.74 Å². The van der Waals surface area contributed by atoms with E-state index in [1.54, 1.807) is 18.4 Å². The minimum atomic E-state index is 0.736. The van der Waals surface area contributed by atoms with Crippen molar-refractivity contribution >= 4 is 44.1 Å². The number of methoxy groups -OCH3 is 1. The van der Waals surface area contributed by atoms with Crippen molar-refractivity contribution in [1.82, 2.24) is 19.9 Å². The Hall–Kier alpha value is -2.67. The van der Waals surface area contributed by atoms with Crippen LogP contribution in [0.25, 0.3) is 21.3 Å². The zero-order chi connectivity index (χ0) is 15.1. The fourth-order valence-corrected chi connectivity index (χ4v) is 3.28. The van der Waals surface area contributed by atoms with Crippen molar-refractivity contribution in [3.05, 3.63) is 35.7 Å². The van der Waals surface area contributed by atoms with Gasteiger partial charge < -0.3 is 15.0 Å². The standard InChI is InChI=1S/C15H13N5OS/c1-8-19-11-5-12(21-2)10(6-13(11)22-8)20-15-9-3-4-16-14(9)17-7-18-15/h3-7H,1-2H3,(H2,16,17,18,20). The van der Waals surface area contributed by atoms with Crippen LogP contribution >= 0.6 is 11.3 Å². The van der Waals surface area contributed by atoms with Crippen LogP contribution in [0, 0.1) is 6.92 Å². The number of anilines is 2. The molecule has 22 heavy (non-hydrogen) atoms. The number of fused-ring (bicyclic) bond motifs is 2. The van der Waals surface area contributed by atoms with E-state index >= 15 is 0 Å². The van der Waals surface area contributed by atoms with E-state index in [-0.39, 0.29) is 0 Å². The first-order valence-corrected chi connectivity index (χ1v) is 7.56. The SMILES string of the molecule is COc1cc2nc(C)sc2cc1Nc1ncnc2[nH]ccc12. The highest BCUT2D eigenvalue weighted by molar-refractivity contribution is 7.18. The number of hydrogen-bond acceptors (Lipinski definition) is 6. The van der Waals surface area contributed by atoms with Crippen molar-refractivity contribution in [2.24, 2.45) is 0 Å². The second-order valence-corrected chi connectivity index (χ2v) is 6.08. The predicted octanol–water partition coefficient (Wildman–Crippen LogP) is 3.63. The monoisotopic (exact) mass is 311 g/mol. The molecule has 3 heterocycles. The van der Waals surface area contributed by atoms with E-state index in [9.17, 15) is 0 Å². The minimum Gasteiger partial charge on any atom is -0.494 e. The minimum absolute atomic E-state index is 0.736. The molecule has 0 saturated heterocycles. The summed E-state index contributed by atoms with van der Waals surface area (Å²) in [6, 6.07) is 5.93. The summed E-state index contributed by atoms with van der Waals surface area (Å²) in [6.45, 7) is 2.00. The summed E-state index contributed by atoms with van der Waals surface area (Å²) in [4.78, 5) is 16.1. The summed E-state index contributed by atoms with van der Waals surface area (Å²) in [5.41, 5.74) is 2.60. The van der Waals surface area contributed by atoms with Gasteiger partial charge in [0.05, 0.1) is 33.4 Å². The fraction of sp³-hybridized carbons (Fsp3) is 0.133. The van der Waals surface area contributed by atoms with Crippen LogP contribution in [0.2, 0.25) is 0 Å². The van der Waals surface area contributed by atoms with E-state index in [0.717, 1.165) is 43.5 Å². The molecule has 0 saturated carbocycles. The summed E-state index contributed by atoms with van der Waals surface area (Å²) in [5, 5.41) is 5.30. The number of hydrogen-bond donors (Lipinski definition) is 2. The van der Waals surface area contributed by atoms with Crippen molar-refractivity contribution in [2.75, 3.05) is 12.4 Å². The molecular formula is C15H13N5OS. The highest BCUT2D eigenvalue weighted by Crippen LogP contribution is 2.35. The van der Waals surface area contributed by atoms with Crippen molar-refractivity contribution in [1.29, 1.82) is 0 Å². The van der Waals surface area contributed by atoms with Crippen LogP contribution in [0.4, 0.5) is 11.5 Å². The lowest BCUT2D eigenvalue weighted by molar-refractivity contribution is 0.417. The van der Waals surface area contributed by atoms with Crippen LogP contribution in [-0.4, -0.2) is 27.0 Å². The van der Waals surface area contributed by atoms with Crippen molar-refractivity contribution < 1.29 is 4.74 Å². The predicted molar refractivity (Wildman–Crippen MR) is 88.1 cm³/mol. The Kier molecular flexibility index (Phi) is 2.93. The molecule has 0 fully saturated rings. The molecular weight excluding hydrogens is 298 g/mol. The number of aromatic amines is 1. The van der Waals surface area contributed by atoms with E-state index in [0.29, 0.717) is 0 Å². The summed E-state index contributed by atoms with van der Waals surface area (Å²) >= 11 is 1.66. The number of nitrogens with zero attached hydrogens (tertiary/aromatic N) is 3. The molecule has 4 rings (SSSR count). The van der Waals surface area contributed by atoms with Gasteiger partial charge in [0.1, 0.15) is 23.5 Å². The van der Waals surface area contributed by atoms with Crippen LogP contribution in [0.1, 0.15) is 5.01 Å². The Morgan fingerprint density at radius 1 is 1.27 bits per heavy atom. The molecule has 0 amide bonds. The van der Waals surface area contributed by atoms with E-state index in [1.807, 2.05) is 31.3 Å². The number of nitrogens with one attached hydrogen (secondary N) is 2. The van der Waals surface area contributed by atoms with Gasteiger partial charge in [-0.3, -0.25) is 0 Å². The molecule has 2 N–H and O–H groups in total. The number of aryl methyl sites for hydroxylation is 1. The molecule has 1 aromatic carbocycles. The first-order chi connectivity index (χ1) is 10.7. The third-order valence-electron chi connectivity index (χ3n) is 3.42. The van der Waals surface area contributed by atoms with Gasteiger partial charge in [0.25, 0.3) is 0 Å². The number of rotatable bonds is 3. The van der Waals surface area contributed by atoms with Crippen molar-refractivity contribution in [3.8, 4) is 5.75 Å². The molecule has 0 radical (unpaired) electrons. The maximum Gasteiger partial charge on any atom is 0.144 e. The topological polar surface area (TPSA) is 75.7 Å². The number of thiazole rings is 1. The summed E-state index contributed by atoms with van der Waals surface area (Å²) in [5.74, 6) is 1.48. The van der Waals surface area contributed by atoms with Gasteiger partial charge in [0.2, 0.25) is 0 Å². The van der Waals surface area contributed by atoms with Gasteiger partial charge in [-0.05, 0) is 19.1 Å². The van der Waals surface area contributed by atoms with Gasteiger partial charge in [-0.25, -0.2) is 15.0 Å². The van der Waals surface area contributed by atoms with E-state index in [1.165, 1.54) is 6.33 Å². The maximum absolute atomic E-state index is 5.48. The third kappa shape index (κ3) is 2.06. The molecule has 0 aliphatic heterocycles. The van der Waals surface area contributed by atoms with Crippen molar-refractivity contribution in [2.45, 2.75) is 6.92 Å². The Morgan fingerprint density at radius 3 is 3.05 bits per heavy atom. The molecule has 3 aromatic heterocycles. The Balaban J connectivity index is 1.84. The lowest BCUT2D eigenvalue weighted by atomic mass is 10.2. The first-order valence-electron chi connectivity index (χ1n) is 6.75. The van der Waals surface area contributed by atoms with Gasteiger partial charge >= 0.3 is 0 Å². The molecule has 0 aliphatic carbocycles. The summed E-state index contributed by atoms with van der Waals surface area (Å²) in [6.07, 6.45) is 3.38. The molecule has 110 valence electrons. The molecule has 4 aromatic rings. The van der Waals surface area contributed by atoms with Crippen LogP contribution in [-0.2, 0) is 0 Å².